The fourth-order valence-electron chi connectivity index (χ4n) is 4.36. The first-order valence-electron chi connectivity index (χ1n) is 12.2. The van der Waals surface area contributed by atoms with Gasteiger partial charge in [0.15, 0.2) is 4.80 Å². The van der Waals surface area contributed by atoms with Crippen LogP contribution in [0.3, 0.4) is 0 Å². The Labute approximate surface area is 228 Å². The summed E-state index contributed by atoms with van der Waals surface area (Å²) in [6.45, 7) is 4.13. The number of nitrogens with zero attached hydrogens (tertiary/aromatic N) is 2. The molecule has 1 aliphatic rings. The number of halogens is 1. The van der Waals surface area contributed by atoms with Crippen molar-refractivity contribution in [2.45, 2.75) is 26.5 Å². The molecule has 3 aromatic carbocycles. The molecule has 1 unspecified atom stereocenters. The zero-order valence-electron chi connectivity index (χ0n) is 20.9. The number of esters is 1. The lowest BCUT2D eigenvalue weighted by Gasteiger charge is -2.24. The largest absolute Gasteiger partial charge is 0.488 e. The Hall–Kier alpha value is -3.94. The lowest BCUT2D eigenvalue weighted by molar-refractivity contribution is -0.139. The Morgan fingerprint density at radius 1 is 1.05 bits per heavy atom. The van der Waals surface area contributed by atoms with Gasteiger partial charge in [0, 0.05) is 10.6 Å². The number of fused-ring (bicyclic) bond motifs is 1. The average molecular weight is 545 g/mol. The Balaban J connectivity index is 1.61. The number of ether oxygens (including phenoxy) is 2. The molecule has 1 aromatic heterocycles. The van der Waals surface area contributed by atoms with Crippen molar-refractivity contribution in [1.82, 2.24) is 4.57 Å². The van der Waals surface area contributed by atoms with Gasteiger partial charge in [-0.3, -0.25) is 9.36 Å². The smallest absolute Gasteiger partial charge is 0.338 e. The van der Waals surface area contributed by atoms with E-state index in [1.807, 2.05) is 72.8 Å². The van der Waals surface area contributed by atoms with Gasteiger partial charge in [-0.1, -0.05) is 83.6 Å². The topological polar surface area (TPSA) is 69.9 Å². The SMILES string of the molecule is CCOC(=O)C1=C(C)N=c2sc(=Cc3ccccc3OCc3ccccc3)c(=O)n2C1c1ccc(Cl)cc1. The van der Waals surface area contributed by atoms with Crippen LogP contribution < -0.4 is 19.6 Å². The van der Waals surface area contributed by atoms with Crippen LogP contribution in [-0.4, -0.2) is 17.1 Å². The zero-order chi connectivity index (χ0) is 26.6. The molecule has 0 saturated carbocycles. The van der Waals surface area contributed by atoms with Crippen molar-refractivity contribution in [3.05, 3.63) is 132 Å². The summed E-state index contributed by atoms with van der Waals surface area (Å²) in [6, 6.07) is 23.9. The highest BCUT2D eigenvalue weighted by molar-refractivity contribution is 7.07. The van der Waals surface area contributed by atoms with E-state index in [2.05, 4.69) is 4.99 Å². The normalized spacial score (nSPS) is 15.1. The molecule has 1 atom stereocenters. The van der Waals surface area contributed by atoms with Crippen LogP contribution in [0.15, 0.2) is 99.9 Å². The van der Waals surface area contributed by atoms with E-state index in [0.717, 1.165) is 16.7 Å². The quantitative estimate of drug-likeness (QED) is 0.306. The number of thiazole rings is 1. The van der Waals surface area contributed by atoms with Gasteiger partial charge < -0.3 is 9.47 Å². The standard InChI is InChI=1S/C30H25ClN2O4S/c1-3-36-29(35)26-19(2)32-30-33(27(26)21-13-15-23(31)16-14-21)28(34)25(38-30)17-22-11-7-8-12-24(22)37-18-20-9-5-4-6-10-20/h4-17,27H,3,18H2,1-2H3. The molecule has 8 heteroatoms. The third-order valence-electron chi connectivity index (χ3n) is 6.15. The second kappa shape index (κ2) is 11.2. The lowest BCUT2D eigenvalue weighted by Crippen LogP contribution is -2.39. The van der Waals surface area contributed by atoms with Crippen LogP contribution in [0, 0.1) is 0 Å². The van der Waals surface area contributed by atoms with Crippen LogP contribution in [-0.2, 0) is 16.1 Å². The molecule has 6 nitrogen and oxygen atoms in total. The van der Waals surface area contributed by atoms with Crippen molar-refractivity contribution in [2.24, 2.45) is 4.99 Å². The number of aromatic nitrogens is 1. The Bertz CT molecular complexity index is 1690. The van der Waals surface area contributed by atoms with Crippen LogP contribution in [0.1, 0.15) is 36.6 Å². The van der Waals surface area contributed by atoms with Crippen molar-refractivity contribution in [3.8, 4) is 5.75 Å². The number of carbonyl (C=O) groups is 1. The molecule has 192 valence electrons. The maximum absolute atomic E-state index is 13.8. The highest BCUT2D eigenvalue weighted by Gasteiger charge is 2.33. The molecule has 1 aliphatic heterocycles. The number of hydrogen-bond donors (Lipinski definition) is 0. The molecule has 0 N–H and O–H groups in total. The minimum absolute atomic E-state index is 0.215. The molecular formula is C30H25ClN2O4S. The maximum Gasteiger partial charge on any atom is 0.338 e. The van der Waals surface area contributed by atoms with E-state index in [0.29, 0.717) is 38.0 Å². The molecular weight excluding hydrogens is 520 g/mol. The van der Waals surface area contributed by atoms with Gasteiger partial charge in [0.1, 0.15) is 12.4 Å². The molecule has 0 saturated heterocycles. The molecule has 2 heterocycles. The van der Waals surface area contributed by atoms with Gasteiger partial charge in [0.25, 0.3) is 5.56 Å². The van der Waals surface area contributed by atoms with E-state index in [9.17, 15) is 9.59 Å². The van der Waals surface area contributed by atoms with Crippen LogP contribution in [0.4, 0.5) is 0 Å². The molecule has 0 radical (unpaired) electrons. The first kappa shape index (κ1) is 25.7. The second-order valence-corrected chi connectivity index (χ2v) is 10.1. The summed E-state index contributed by atoms with van der Waals surface area (Å²) in [5.74, 6) is 0.169. The average Bonchev–Trinajstić information content (AvgIpc) is 3.22. The first-order valence-corrected chi connectivity index (χ1v) is 13.4. The maximum atomic E-state index is 13.8. The predicted molar refractivity (Wildman–Crippen MR) is 149 cm³/mol. The Kier molecular flexibility index (Phi) is 7.58. The highest BCUT2D eigenvalue weighted by Crippen LogP contribution is 2.31. The van der Waals surface area contributed by atoms with Crippen molar-refractivity contribution in [3.63, 3.8) is 0 Å². The monoisotopic (exact) mass is 544 g/mol. The summed E-state index contributed by atoms with van der Waals surface area (Å²) in [6.07, 6.45) is 1.81. The highest BCUT2D eigenvalue weighted by atomic mass is 35.5. The number of para-hydroxylation sites is 1. The van der Waals surface area contributed by atoms with E-state index < -0.39 is 12.0 Å². The fourth-order valence-corrected chi connectivity index (χ4v) is 5.52. The van der Waals surface area contributed by atoms with E-state index in [1.54, 1.807) is 30.5 Å². The summed E-state index contributed by atoms with van der Waals surface area (Å²) in [7, 11) is 0. The van der Waals surface area contributed by atoms with E-state index in [1.165, 1.54) is 11.3 Å². The van der Waals surface area contributed by atoms with Gasteiger partial charge in [-0.2, -0.15) is 0 Å². The predicted octanol–water partition coefficient (Wildman–Crippen LogP) is 5.03. The van der Waals surface area contributed by atoms with Crippen LogP contribution >= 0.6 is 22.9 Å². The van der Waals surface area contributed by atoms with Crippen LogP contribution in [0.2, 0.25) is 5.02 Å². The van der Waals surface area contributed by atoms with Gasteiger partial charge in [-0.25, -0.2) is 9.79 Å². The molecule has 0 fully saturated rings. The number of rotatable bonds is 7. The van der Waals surface area contributed by atoms with E-state index in [4.69, 9.17) is 21.1 Å². The van der Waals surface area contributed by atoms with Gasteiger partial charge in [0.05, 0.1) is 28.5 Å². The summed E-state index contributed by atoms with van der Waals surface area (Å²) < 4.78 is 13.5. The number of carbonyl (C=O) groups excluding carboxylic acids is 1. The summed E-state index contributed by atoms with van der Waals surface area (Å²) in [5, 5.41) is 0.562. The van der Waals surface area contributed by atoms with Gasteiger partial charge in [-0.15, -0.1) is 0 Å². The number of benzene rings is 3. The van der Waals surface area contributed by atoms with Crippen LogP contribution in [0.25, 0.3) is 6.08 Å². The van der Waals surface area contributed by atoms with E-state index in [-0.39, 0.29) is 12.2 Å². The summed E-state index contributed by atoms with van der Waals surface area (Å²) >= 11 is 7.40. The van der Waals surface area contributed by atoms with Crippen molar-refractivity contribution >= 4 is 35.0 Å². The second-order valence-electron chi connectivity index (χ2n) is 8.67. The third-order valence-corrected chi connectivity index (χ3v) is 7.38. The lowest BCUT2D eigenvalue weighted by atomic mass is 9.96. The fraction of sp³-hybridized carbons (Fsp3) is 0.167. The first-order chi connectivity index (χ1) is 18.5. The molecule has 0 bridgehead atoms. The van der Waals surface area contributed by atoms with Crippen molar-refractivity contribution in [1.29, 1.82) is 0 Å². The minimum Gasteiger partial charge on any atom is -0.488 e. The number of allylic oxidation sites excluding steroid dienone is 1. The summed E-state index contributed by atoms with van der Waals surface area (Å²) in [5.41, 5.74) is 3.17. The molecule has 0 spiro atoms. The van der Waals surface area contributed by atoms with Gasteiger partial charge >= 0.3 is 5.97 Å². The molecule has 0 aliphatic carbocycles. The zero-order valence-corrected chi connectivity index (χ0v) is 22.5. The van der Waals surface area contributed by atoms with E-state index >= 15 is 0 Å². The van der Waals surface area contributed by atoms with Gasteiger partial charge in [0.2, 0.25) is 0 Å². The van der Waals surface area contributed by atoms with Crippen molar-refractivity contribution in [2.75, 3.05) is 6.61 Å². The molecule has 0 amide bonds. The molecule has 38 heavy (non-hydrogen) atoms. The third kappa shape index (κ3) is 5.21. The minimum atomic E-state index is -0.686. The Morgan fingerprint density at radius 3 is 2.50 bits per heavy atom. The number of hydrogen-bond acceptors (Lipinski definition) is 6. The molecule has 5 rings (SSSR count). The molecule has 4 aromatic rings. The van der Waals surface area contributed by atoms with Crippen molar-refractivity contribution < 1.29 is 14.3 Å². The Morgan fingerprint density at radius 2 is 1.76 bits per heavy atom. The van der Waals surface area contributed by atoms with Crippen LogP contribution in [0.5, 0.6) is 5.75 Å². The summed E-state index contributed by atoms with van der Waals surface area (Å²) in [4.78, 5) is 32.0. The van der Waals surface area contributed by atoms with Gasteiger partial charge in [-0.05, 0) is 49.2 Å².